The van der Waals surface area contributed by atoms with Crippen LogP contribution < -0.4 is 0 Å². The highest BCUT2D eigenvalue weighted by Crippen LogP contribution is 2.31. The summed E-state index contributed by atoms with van der Waals surface area (Å²) in [7, 11) is -0.173. The Labute approximate surface area is 73.2 Å². The highest BCUT2D eigenvalue weighted by Gasteiger charge is 2.00. The molecule has 0 aromatic heterocycles. The molecular weight excluding hydrogens is 184 g/mol. The van der Waals surface area contributed by atoms with Crippen LogP contribution in [0.3, 0.4) is 0 Å². The standard InChI is InChI=1S/C7H9ClO2S/c8-7(9)10-3-6-11-4-1-2-5-11/h1-2,4-5,11H,3,6H2. The summed E-state index contributed by atoms with van der Waals surface area (Å²) in [6.07, 6.45) is 4.02. The Morgan fingerprint density at radius 2 is 2.09 bits per heavy atom. The fourth-order valence-corrected chi connectivity index (χ4v) is 2.17. The average molecular weight is 193 g/mol. The number of carbonyl (C=O) groups is 1. The first-order chi connectivity index (χ1) is 5.29. The molecule has 0 amide bonds. The number of rotatable bonds is 3. The van der Waals surface area contributed by atoms with Crippen LogP contribution in [-0.2, 0) is 4.74 Å². The van der Waals surface area contributed by atoms with E-state index in [0.717, 1.165) is 5.75 Å². The molecule has 0 unspecified atom stereocenters. The lowest BCUT2D eigenvalue weighted by atomic mass is 10.6. The molecule has 1 heterocycles. The van der Waals surface area contributed by atoms with Crippen LogP contribution in [0.2, 0.25) is 0 Å². The summed E-state index contributed by atoms with van der Waals surface area (Å²) in [6.45, 7) is 0.419. The number of thiol groups is 1. The molecule has 1 aliphatic rings. The van der Waals surface area contributed by atoms with Crippen LogP contribution in [0.25, 0.3) is 0 Å². The van der Waals surface area contributed by atoms with Crippen molar-refractivity contribution in [2.24, 2.45) is 0 Å². The molecule has 4 heteroatoms. The van der Waals surface area contributed by atoms with E-state index in [4.69, 9.17) is 11.6 Å². The lowest BCUT2D eigenvalue weighted by molar-refractivity contribution is 0.181. The van der Waals surface area contributed by atoms with Gasteiger partial charge in [-0.1, -0.05) is 12.2 Å². The molecule has 0 fully saturated rings. The Bertz CT molecular complexity index is 189. The highest BCUT2D eigenvalue weighted by atomic mass is 35.5. The van der Waals surface area contributed by atoms with Crippen molar-refractivity contribution < 1.29 is 9.53 Å². The summed E-state index contributed by atoms with van der Waals surface area (Å²) in [5, 5.41) is 4.24. The van der Waals surface area contributed by atoms with E-state index in [1.807, 2.05) is 12.2 Å². The molecule has 62 valence electrons. The third-order valence-corrected chi connectivity index (χ3v) is 3.15. The van der Waals surface area contributed by atoms with Gasteiger partial charge in [-0.3, -0.25) is 0 Å². The van der Waals surface area contributed by atoms with Crippen molar-refractivity contribution in [3.8, 4) is 0 Å². The zero-order valence-electron chi connectivity index (χ0n) is 5.87. The van der Waals surface area contributed by atoms with Crippen LogP contribution in [0.5, 0.6) is 0 Å². The van der Waals surface area contributed by atoms with Gasteiger partial charge in [0.1, 0.15) is 6.61 Å². The van der Waals surface area contributed by atoms with Gasteiger partial charge < -0.3 is 4.74 Å². The van der Waals surface area contributed by atoms with Crippen molar-refractivity contribution in [2.75, 3.05) is 12.4 Å². The first kappa shape index (κ1) is 8.68. The Hall–Kier alpha value is -0.410. The van der Waals surface area contributed by atoms with Crippen molar-refractivity contribution in [2.45, 2.75) is 0 Å². The normalized spacial score (nSPS) is 17.4. The van der Waals surface area contributed by atoms with Gasteiger partial charge in [-0.05, 0) is 10.8 Å². The Morgan fingerprint density at radius 3 is 2.64 bits per heavy atom. The Balaban J connectivity index is 2.08. The summed E-state index contributed by atoms with van der Waals surface area (Å²) in [5.74, 6) is 0.876. The monoisotopic (exact) mass is 192 g/mol. The molecule has 0 saturated carbocycles. The molecule has 0 spiro atoms. The topological polar surface area (TPSA) is 26.3 Å². The van der Waals surface area contributed by atoms with Gasteiger partial charge in [0.25, 0.3) is 0 Å². The molecule has 1 aliphatic heterocycles. The molecule has 0 radical (unpaired) electrons. The second-order valence-corrected chi connectivity index (χ2v) is 4.39. The van der Waals surface area contributed by atoms with E-state index in [2.05, 4.69) is 15.6 Å². The van der Waals surface area contributed by atoms with Gasteiger partial charge in [-0.15, -0.1) is 0 Å². The van der Waals surface area contributed by atoms with Crippen LogP contribution >= 0.6 is 22.5 Å². The van der Waals surface area contributed by atoms with E-state index in [1.54, 1.807) is 0 Å². The summed E-state index contributed by atoms with van der Waals surface area (Å²) < 4.78 is 4.58. The largest absolute Gasteiger partial charge is 0.453 e. The number of carbonyl (C=O) groups excluding carboxylic acids is 1. The van der Waals surface area contributed by atoms with Gasteiger partial charge in [0.15, 0.2) is 0 Å². The van der Waals surface area contributed by atoms with Gasteiger partial charge in [0.2, 0.25) is 0 Å². The number of hydrogen-bond donors (Lipinski definition) is 1. The Kier molecular flexibility index (Phi) is 3.52. The number of ether oxygens (including phenoxy) is 1. The minimum atomic E-state index is -0.716. The van der Waals surface area contributed by atoms with Gasteiger partial charge in [0.05, 0.1) is 0 Å². The number of halogens is 1. The minimum Gasteiger partial charge on any atom is -0.453 e. The summed E-state index contributed by atoms with van der Waals surface area (Å²) >= 11 is 4.97. The van der Waals surface area contributed by atoms with Gasteiger partial charge >= 0.3 is 5.43 Å². The van der Waals surface area contributed by atoms with Crippen LogP contribution in [-0.4, -0.2) is 17.8 Å². The molecule has 0 aromatic carbocycles. The molecule has 0 atom stereocenters. The molecule has 11 heavy (non-hydrogen) atoms. The quantitative estimate of drug-likeness (QED) is 0.549. The molecule has 0 bridgehead atoms. The van der Waals surface area contributed by atoms with E-state index in [0.29, 0.717) is 6.61 Å². The van der Waals surface area contributed by atoms with Gasteiger partial charge in [-0.2, -0.15) is 0 Å². The lowest BCUT2D eigenvalue weighted by Gasteiger charge is -2.07. The van der Waals surface area contributed by atoms with Crippen LogP contribution in [0.15, 0.2) is 23.0 Å². The zero-order valence-corrected chi connectivity index (χ0v) is 7.52. The zero-order chi connectivity index (χ0) is 8.10. The fourth-order valence-electron chi connectivity index (χ4n) is 0.751. The van der Waals surface area contributed by atoms with E-state index < -0.39 is 5.43 Å². The van der Waals surface area contributed by atoms with Crippen molar-refractivity contribution >= 4 is 27.9 Å². The average Bonchev–Trinajstić information content (AvgIpc) is 2.39. The third-order valence-electron chi connectivity index (χ3n) is 1.23. The molecule has 0 N–H and O–H groups in total. The molecular formula is C7H9ClO2S. The van der Waals surface area contributed by atoms with Crippen molar-refractivity contribution in [1.82, 2.24) is 0 Å². The smallest absolute Gasteiger partial charge is 0.403 e. The van der Waals surface area contributed by atoms with Crippen molar-refractivity contribution in [1.29, 1.82) is 0 Å². The molecule has 0 aliphatic carbocycles. The van der Waals surface area contributed by atoms with Crippen LogP contribution in [0.4, 0.5) is 4.79 Å². The molecule has 1 rings (SSSR count). The Morgan fingerprint density at radius 1 is 1.45 bits per heavy atom. The maximum absolute atomic E-state index is 10.1. The predicted molar refractivity (Wildman–Crippen MR) is 49.3 cm³/mol. The number of hydrogen-bond acceptors (Lipinski definition) is 2. The third kappa shape index (κ3) is 3.49. The SMILES string of the molecule is O=C(Cl)OCC[SH]1C=CC=C1. The maximum atomic E-state index is 10.1. The first-order valence-corrected chi connectivity index (χ1v) is 5.26. The number of allylic oxidation sites excluding steroid dienone is 2. The highest BCUT2D eigenvalue weighted by molar-refractivity contribution is 8.22. The van der Waals surface area contributed by atoms with E-state index >= 15 is 0 Å². The maximum Gasteiger partial charge on any atom is 0.403 e. The van der Waals surface area contributed by atoms with Crippen LogP contribution in [0.1, 0.15) is 0 Å². The van der Waals surface area contributed by atoms with Crippen molar-refractivity contribution in [3.63, 3.8) is 0 Å². The van der Waals surface area contributed by atoms with Crippen molar-refractivity contribution in [3.05, 3.63) is 23.0 Å². The second-order valence-electron chi connectivity index (χ2n) is 2.01. The predicted octanol–water partition coefficient (Wildman–Crippen LogP) is 2.40. The summed E-state index contributed by atoms with van der Waals surface area (Å²) in [6, 6.07) is 0. The molecule has 2 nitrogen and oxygen atoms in total. The lowest BCUT2D eigenvalue weighted by Crippen LogP contribution is -2.00. The molecule has 0 aromatic rings. The summed E-state index contributed by atoms with van der Waals surface area (Å²) in [4.78, 5) is 10.1. The van der Waals surface area contributed by atoms with Crippen LogP contribution in [0, 0.1) is 0 Å². The van der Waals surface area contributed by atoms with Gasteiger partial charge in [0, 0.05) is 17.4 Å². The minimum absolute atomic E-state index is 0.173. The van der Waals surface area contributed by atoms with E-state index in [-0.39, 0.29) is 10.9 Å². The fraction of sp³-hybridized carbons (Fsp3) is 0.286. The first-order valence-electron chi connectivity index (χ1n) is 3.22. The molecule has 0 saturated heterocycles. The van der Waals surface area contributed by atoms with E-state index in [9.17, 15) is 4.79 Å². The summed E-state index contributed by atoms with van der Waals surface area (Å²) in [5.41, 5.74) is -0.716. The van der Waals surface area contributed by atoms with E-state index in [1.165, 1.54) is 0 Å². The second kappa shape index (κ2) is 4.46. The van der Waals surface area contributed by atoms with Gasteiger partial charge in [-0.25, -0.2) is 15.7 Å².